The lowest BCUT2D eigenvalue weighted by atomic mass is 10.1. The van der Waals surface area contributed by atoms with Crippen LogP contribution in [0.3, 0.4) is 0 Å². The molecule has 0 saturated heterocycles. The van der Waals surface area contributed by atoms with Gasteiger partial charge in [0.1, 0.15) is 0 Å². The molecule has 2 N–H and O–H groups in total. The second-order valence-corrected chi connectivity index (χ2v) is 8.39. The van der Waals surface area contributed by atoms with E-state index in [0.717, 1.165) is 44.5 Å². The lowest BCUT2D eigenvalue weighted by molar-refractivity contribution is -0.0716. The first-order valence-electron chi connectivity index (χ1n) is 10.5. The third-order valence-electron chi connectivity index (χ3n) is 5.80. The Bertz CT molecular complexity index is 830. The van der Waals surface area contributed by atoms with E-state index >= 15 is 0 Å². The molecule has 1 atom stereocenters. The topological polar surface area (TPSA) is 62.8 Å². The Hall–Kier alpha value is -2.25. The molecule has 4 rings (SSSR count). The Balaban J connectivity index is 1.36. The summed E-state index contributed by atoms with van der Waals surface area (Å²) < 4.78 is 12.1. The molecule has 1 aromatic heterocycles. The van der Waals surface area contributed by atoms with Crippen LogP contribution in [0.15, 0.2) is 35.0 Å². The summed E-state index contributed by atoms with van der Waals surface area (Å²) in [6.07, 6.45) is 4.08. The zero-order valence-electron chi connectivity index (χ0n) is 17.1. The highest BCUT2D eigenvalue weighted by Gasteiger charge is 2.44. The molecule has 1 fully saturated rings. The third-order valence-corrected chi connectivity index (χ3v) is 6.50. The number of urea groups is 1. The number of rotatable bonds is 7. The van der Waals surface area contributed by atoms with Crippen LogP contribution in [0.5, 0.6) is 11.5 Å². The number of nitrogens with one attached hydrogen (secondary N) is 2. The third kappa shape index (κ3) is 4.36. The normalized spacial score (nSPS) is 17.6. The number of amides is 2. The maximum atomic E-state index is 12.5. The summed E-state index contributed by atoms with van der Waals surface area (Å²) in [6.45, 7) is 6.71. The molecule has 0 unspecified atom stereocenters. The van der Waals surface area contributed by atoms with Crippen LogP contribution in [0.2, 0.25) is 0 Å². The number of ether oxygens (including phenoxy) is 2. The molecule has 1 spiro atoms. The number of likely N-dealkylation sites (N-methyl/N-ethyl adjacent to an activating group) is 1. The van der Waals surface area contributed by atoms with Gasteiger partial charge in [0, 0.05) is 31.1 Å². The molecule has 1 aliphatic carbocycles. The number of hydrogen-bond donors (Lipinski definition) is 2. The van der Waals surface area contributed by atoms with Crippen molar-refractivity contribution in [1.82, 2.24) is 10.2 Å². The summed E-state index contributed by atoms with van der Waals surface area (Å²) in [5.41, 5.74) is 1.94. The summed E-state index contributed by atoms with van der Waals surface area (Å²) in [7, 11) is 0. The van der Waals surface area contributed by atoms with Crippen LogP contribution in [0.25, 0.3) is 0 Å². The maximum absolute atomic E-state index is 12.5. The summed E-state index contributed by atoms with van der Waals surface area (Å²) in [4.78, 5) is 14.9. The van der Waals surface area contributed by atoms with E-state index in [-0.39, 0.29) is 12.1 Å². The number of thiophene rings is 1. The summed E-state index contributed by atoms with van der Waals surface area (Å²) in [5, 5.41) is 10.2. The van der Waals surface area contributed by atoms with E-state index in [2.05, 4.69) is 46.2 Å². The fourth-order valence-electron chi connectivity index (χ4n) is 4.24. The lowest BCUT2D eigenvalue weighted by Gasteiger charge is -2.29. The highest BCUT2D eigenvalue weighted by Crippen LogP contribution is 2.47. The van der Waals surface area contributed by atoms with Crippen molar-refractivity contribution >= 4 is 23.1 Å². The van der Waals surface area contributed by atoms with E-state index in [1.807, 2.05) is 18.2 Å². The van der Waals surface area contributed by atoms with Crippen LogP contribution in [0, 0.1) is 0 Å². The van der Waals surface area contributed by atoms with Crippen molar-refractivity contribution in [3.63, 3.8) is 0 Å². The van der Waals surface area contributed by atoms with E-state index in [0.29, 0.717) is 18.0 Å². The van der Waals surface area contributed by atoms with Gasteiger partial charge in [0.05, 0.1) is 6.04 Å². The van der Waals surface area contributed by atoms with E-state index in [1.54, 1.807) is 11.3 Å². The van der Waals surface area contributed by atoms with Crippen molar-refractivity contribution in [2.24, 2.45) is 0 Å². The molecule has 2 aliphatic rings. The SMILES string of the molecule is CCN(CC)[C@@H](CNC(=O)Nc1ccc2c(c1)OC1(CCCC1)O2)c1ccsc1. The van der Waals surface area contributed by atoms with Gasteiger partial charge in [0.15, 0.2) is 11.5 Å². The van der Waals surface area contributed by atoms with Crippen LogP contribution in [-0.4, -0.2) is 36.4 Å². The molecule has 0 bridgehead atoms. The van der Waals surface area contributed by atoms with Gasteiger partial charge in [0.2, 0.25) is 0 Å². The fraction of sp³-hybridized carbons (Fsp3) is 0.500. The van der Waals surface area contributed by atoms with Crippen LogP contribution >= 0.6 is 11.3 Å². The fourth-order valence-corrected chi connectivity index (χ4v) is 4.95. The smallest absolute Gasteiger partial charge is 0.319 e. The molecule has 2 aromatic rings. The number of carbonyl (C=O) groups excluding carboxylic acids is 1. The first-order chi connectivity index (χ1) is 14.1. The Morgan fingerprint density at radius 2 is 1.93 bits per heavy atom. The molecule has 0 radical (unpaired) electrons. The average molecular weight is 416 g/mol. The number of anilines is 1. The second kappa shape index (κ2) is 8.63. The monoisotopic (exact) mass is 415 g/mol. The standard InChI is InChI=1S/C22H29N3O3S/c1-3-25(4-2)18(16-9-12-29-15-16)14-23-21(26)24-17-7-8-19-20(13-17)28-22(27-19)10-5-6-11-22/h7-9,12-13,15,18H,3-6,10-11,14H2,1-2H3,(H2,23,24,26)/t18-/m0/s1. The van der Waals surface area contributed by atoms with Crippen molar-refractivity contribution in [2.45, 2.75) is 51.4 Å². The molecule has 2 heterocycles. The van der Waals surface area contributed by atoms with Crippen molar-refractivity contribution in [3.05, 3.63) is 40.6 Å². The zero-order chi connectivity index (χ0) is 20.3. The van der Waals surface area contributed by atoms with Gasteiger partial charge in [-0.15, -0.1) is 0 Å². The van der Waals surface area contributed by atoms with Crippen LogP contribution < -0.4 is 20.1 Å². The van der Waals surface area contributed by atoms with Crippen molar-refractivity contribution in [2.75, 3.05) is 25.0 Å². The van der Waals surface area contributed by atoms with Crippen molar-refractivity contribution in [1.29, 1.82) is 0 Å². The number of nitrogens with zero attached hydrogens (tertiary/aromatic N) is 1. The molecule has 29 heavy (non-hydrogen) atoms. The van der Waals surface area contributed by atoms with E-state index < -0.39 is 5.79 Å². The van der Waals surface area contributed by atoms with Crippen molar-refractivity contribution in [3.8, 4) is 11.5 Å². The number of benzene rings is 1. The molecule has 1 aromatic carbocycles. The Morgan fingerprint density at radius 3 is 2.62 bits per heavy atom. The van der Waals surface area contributed by atoms with Gasteiger partial charge >= 0.3 is 6.03 Å². The minimum absolute atomic E-state index is 0.168. The summed E-state index contributed by atoms with van der Waals surface area (Å²) >= 11 is 1.68. The molecule has 1 aliphatic heterocycles. The largest absolute Gasteiger partial charge is 0.448 e. The summed E-state index contributed by atoms with van der Waals surface area (Å²) in [6, 6.07) is 7.67. The maximum Gasteiger partial charge on any atom is 0.319 e. The first-order valence-corrected chi connectivity index (χ1v) is 11.4. The Labute approximate surface area is 176 Å². The molecule has 2 amide bonds. The zero-order valence-corrected chi connectivity index (χ0v) is 17.9. The van der Waals surface area contributed by atoms with Gasteiger partial charge in [0.25, 0.3) is 5.79 Å². The molecule has 1 saturated carbocycles. The Morgan fingerprint density at radius 1 is 1.17 bits per heavy atom. The van der Waals surface area contributed by atoms with Gasteiger partial charge in [-0.25, -0.2) is 4.79 Å². The predicted molar refractivity (Wildman–Crippen MR) is 116 cm³/mol. The number of carbonyl (C=O) groups is 1. The minimum atomic E-state index is -0.485. The molecule has 156 valence electrons. The van der Waals surface area contributed by atoms with Gasteiger partial charge in [-0.05, 0) is 60.5 Å². The Kier molecular flexibility index (Phi) is 5.96. The average Bonchev–Trinajstić information content (AvgIpc) is 3.46. The van der Waals surface area contributed by atoms with E-state index in [9.17, 15) is 4.79 Å². The molecule has 6 nitrogen and oxygen atoms in total. The van der Waals surface area contributed by atoms with Crippen LogP contribution in [-0.2, 0) is 0 Å². The quantitative estimate of drug-likeness (QED) is 0.668. The highest BCUT2D eigenvalue weighted by atomic mass is 32.1. The number of fused-ring (bicyclic) bond motifs is 1. The molecular formula is C22H29N3O3S. The minimum Gasteiger partial charge on any atom is -0.448 e. The lowest BCUT2D eigenvalue weighted by Crippen LogP contribution is -2.39. The van der Waals surface area contributed by atoms with Crippen molar-refractivity contribution < 1.29 is 14.3 Å². The van der Waals surface area contributed by atoms with Gasteiger partial charge in [-0.3, -0.25) is 4.90 Å². The second-order valence-electron chi connectivity index (χ2n) is 7.61. The number of hydrogen-bond acceptors (Lipinski definition) is 5. The van der Waals surface area contributed by atoms with Gasteiger partial charge in [-0.1, -0.05) is 13.8 Å². The van der Waals surface area contributed by atoms with Gasteiger partial charge < -0.3 is 20.1 Å². The van der Waals surface area contributed by atoms with Gasteiger partial charge in [-0.2, -0.15) is 11.3 Å². The molecular weight excluding hydrogens is 386 g/mol. The predicted octanol–water partition coefficient (Wildman–Crippen LogP) is 4.99. The van der Waals surface area contributed by atoms with E-state index in [4.69, 9.17) is 9.47 Å². The summed E-state index contributed by atoms with van der Waals surface area (Å²) in [5.74, 6) is 0.988. The molecule has 7 heteroatoms. The first kappa shape index (κ1) is 20.0. The van der Waals surface area contributed by atoms with E-state index in [1.165, 1.54) is 5.56 Å². The highest BCUT2D eigenvalue weighted by molar-refractivity contribution is 7.07. The van der Waals surface area contributed by atoms with Crippen LogP contribution in [0.1, 0.15) is 51.1 Å². The van der Waals surface area contributed by atoms with Crippen LogP contribution in [0.4, 0.5) is 10.5 Å².